The van der Waals surface area contributed by atoms with E-state index < -0.39 is 5.54 Å². The number of nitrogens with one attached hydrogen (secondary N) is 2. The lowest BCUT2D eigenvalue weighted by atomic mass is 9.80. The number of fused-ring (bicyclic) bond motifs is 1. The first kappa shape index (κ1) is 17.7. The van der Waals surface area contributed by atoms with Crippen LogP contribution in [0, 0.1) is 5.92 Å². The third-order valence-corrected chi connectivity index (χ3v) is 5.89. The van der Waals surface area contributed by atoms with Gasteiger partial charge in [-0.15, -0.1) is 12.4 Å². The van der Waals surface area contributed by atoms with Gasteiger partial charge < -0.3 is 15.4 Å². The molecule has 1 aliphatic carbocycles. The standard InChI is InChI=1S/C17H26N4O2.ClH/c22-16(20-14-3-1-4-15-13(14)5-12-23-15)17(6-9-18-10-7-17)21-11-2-8-19-21;/h2,8,11,13-15,18H,1,3-7,9-10,12H2,(H,20,22);1H. The van der Waals surface area contributed by atoms with Gasteiger partial charge in [0.05, 0.1) is 6.10 Å². The molecule has 1 amide bonds. The maximum absolute atomic E-state index is 13.2. The summed E-state index contributed by atoms with van der Waals surface area (Å²) in [7, 11) is 0. The zero-order valence-electron chi connectivity index (χ0n) is 13.9. The van der Waals surface area contributed by atoms with Crippen molar-refractivity contribution in [3.8, 4) is 0 Å². The van der Waals surface area contributed by atoms with Crippen LogP contribution in [0.1, 0.15) is 38.5 Å². The van der Waals surface area contributed by atoms with E-state index in [-0.39, 0.29) is 24.4 Å². The van der Waals surface area contributed by atoms with Crippen LogP contribution < -0.4 is 10.6 Å². The molecule has 3 fully saturated rings. The van der Waals surface area contributed by atoms with Crippen molar-refractivity contribution in [2.45, 2.75) is 56.2 Å². The van der Waals surface area contributed by atoms with Gasteiger partial charge in [-0.2, -0.15) is 5.10 Å². The van der Waals surface area contributed by atoms with Crippen LogP contribution in [-0.4, -0.2) is 47.5 Å². The third-order valence-electron chi connectivity index (χ3n) is 5.89. The number of hydrogen-bond donors (Lipinski definition) is 2. The second-order valence-electron chi connectivity index (χ2n) is 7.10. The van der Waals surface area contributed by atoms with Crippen LogP contribution >= 0.6 is 12.4 Å². The Morgan fingerprint density at radius 3 is 2.88 bits per heavy atom. The Labute approximate surface area is 149 Å². The topological polar surface area (TPSA) is 68.2 Å². The molecule has 0 radical (unpaired) electrons. The summed E-state index contributed by atoms with van der Waals surface area (Å²) in [6.07, 6.45) is 10.0. The maximum atomic E-state index is 13.2. The molecule has 24 heavy (non-hydrogen) atoms. The first-order valence-corrected chi connectivity index (χ1v) is 8.93. The smallest absolute Gasteiger partial charge is 0.248 e. The fraction of sp³-hybridized carbons (Fsp3) is 0.765. The number of amides is 1. The monoisotopic (exact) mass is 354 g/mol. The minimum atomic E-state index is -0.541. The normalized spacial score (nSPS) is 31.8. The Bertz CT molecular complexity index is 545. The van der Waals surface area contributed by atoms with Gasteiger partial charge in [-0.05, 0) is 57.7 Å². The van der Waals surface area contributed by atoms with Crippen molar-refractivity contribution >= 4 is 18.3 Å². The van der Waals surface area contributed by atoms with Gasteiger partial charge in [-0.25, -0.2) is 0 Å². The van der Waals surface area contributed by atoms with E-state index in [1.807, 2.05) is 16.9 Å². The van der Waals surface area contributed by atoms with Crippen LogP contribution in [0.5, 0.6) is 0 Å². The lowest BCUT2D eigenvalue weighted by Gasteiger charge is -2.40. The highest BCUT2D eigenvalue weighted by atomic mass is 35.5. The number of carbonyl (C=O) groups is 1. The largest absolute Gasteiger partial charge is 0.378 e. The maximum Gasteiger partial charge on any atom is 0.248 e. The van der Waals surface area contributed by atoms with E-state index in [1.54, 1.807) is 6.20 Å². The molecule has 2 aliphatic heterocycles. The highest BCUT2D eigenvalue weighted by molar-refractivity contribution is 5.85. The fourth-order valence-electron chi connectivity index (χ4n) is 4.58. The highest BCUT2D eigenvalue weighted by Gasteiger charge is 2.45. The van der Waals surface area contributed by atoms with E-state index in [1.165, 1.54) is 0 Å². The lowest BCUT2D eigenvalue weighted by molar-refractivity contribution is -0.133. The predicted molar refractivity (Wildman–Crippen MR) is 93.2 cm³/mol. The van der Waals surface area contributed by atoms with Gasteiger partial charge in [0.15, 0.2) is 0 Å². The first-order valence-electron chi connectivity index (χ1n) is 8.93. The molecule has 6 nitrogen and oxygen atoms in total. The van der Waals surface area contributed by atoms with Crippen molar-refractivity contribution in [2.24, 2.45) is 5.92 Å². The van der Waals surface area contributed by atoms with Crippen molar-refractivity contribution in [3.05, 3.63) is 18.5 Å². The average Bonchev–Trinajstić information content (AvgIpc) is 3.27. The van der Waals surface area contributed by atoms with Crippen LogP contribution in [0.4, 0.5) is 0 Å². The quantitative estimate of drug-likeness (QED) is 0.862. The molecule has 2 saturated heterocycles. The Kier molecular flexibility index (Phi) is 5.47. The summed E-state index contributed by atoms with van der Waals surface area (Å²) in [5.41, 5.74) is -0.541. The molecule has 134 valence electrons. The number of carbonyl (C=O) groups excluding carboxylic acids is 1. The number of hydrogen-bond acceptors (Lipinski definition) is 4. The van der Waals surface area contributed by atoms with Gasteiger partial charge in [0, 0.05) is 31.0 Å². The summed E-state index contributed by atoms with van der Waals surface area (Å²) >= 11 is 0. The molecule has 0 bridgehead atoms. The minimum Gasteiger partial charge on any atom is -0.378 e. The Morgan fingerprint density at radius 1 is 1.29 bits per heavy atom. The highest BCUT2D eigenvalue weighted by Crippen LogP contribution is 2.35. The van der Waals surface area contributed by atoms with Gasteiger partial charge in [-0.3, -0.25) is 9.48 Å². The first-order chi connectivity index (χ1) is 11.3. The van der Waals surface area contributed by atoms with Gasteiger partial charge in [-0.1, -0.05) is 0 Å². The third kappa shape index (κ3) is 3.07. The van der Waals surface area contributed by atoms with E-state index in [2.05, 4.69) is 15.7 Å². The number of ether oxygens (including phenoxy) is 1. The lowest BCUT2D eigenvalue weighted by Crippen LogP contribution is -2.58. The molecule has 0 spiro atoms. The number of aromatic nitrogens is 2. The summed E-state index contributed by atoms with van der Waals surface area (Å²) in [6.45, 7) is 2.55. The van der Waals surface area contributed by atoms with Crippen molar-refractivity contribution < 1.29 is 9.53 Å². The van der Waals surface area contributed by atoms with Gasteiger partial charge in [0.2, 0.25) is 5.91 Å². The van der Waals surface area contributed by atoms with E-state index in [9.17, 15) is 4.79 Å². The van der Waals surface area contributed by atoms with Crippen LogP contribution in [0.25, 0.3) is 0 Å². The summed E-state index contributed by atoms with van der Waals surface area (Å²) < 4.78 is 7.70. The summed E-state index contributed by atoms with van der Waals surface area (Å²) in [4.78, 5) is 13.2. The number of rotatable bonds is 3. The minimum absolute atomic E-state index is 0. The summed E-state index contributed by atoms with van der Waals surface area (Å²) in [5, 5.41) is 11.1. The molecule has 3 unspecified atom stereocenters. The molecule has 3 heterocycles. The zero-order chi connectivity index (χ0) is 15.7. The van der Waals surface area contributed by atoms with Crippen LogP contribution in [-0.2, 0) is 15.1 Å². The van der Waals surface area contributed by atoms with E-state index in [0.717, 1.165) is 58.2 Å². The van der Waals surface area contributed by atoms with Gasteiger partial charge in [0.25, 0.3) is 0 Å². The second kappa shape index (κ2) is 7.42. The van der Waals surface area contributed by atoms with Crippen LogP contribution in [0.2, 0.25) is 0 Å². The van der Waals surface area contributed by atoms with Crippen LogP contribution in [0.3, 0.4) is 0 Å². The van der Waals surface area contributed by atoms with Crippen molar-refractivity contribution in [1.82, 2.24) is 20.4 Å². The van der Waals surface area contributed by atoms with E-state index in [4.69, 9.17) is 4.74 Å². The molecule has 2 N–H and O–H groups in total. The molecule has 3 atom stereocenters. The molecule has 4 rings (SSSR count). The van der Waals surface area contributed by atoms with Crippen LogP contribution in [0.15, 0.2) is 18.5 Å². The average molecular weight is 355 g/mol. The molecule has 7 heteroatoms. The molecule has 3 aliphatic rings. The van der Waals surface area contributed by atoms with E-state index in [0.29, 0.717) is 12.0 Å². The molecule has 1 aromatic heterocycles. The molecule has 1 saturated carbocycles. The number of piperidine rings is 1. The molecule has 1 aromatic rings. The SMILES string of the molecule is Cl.O=C(NC1CCCC2OCCC12)C1(n2cccn2)CCNCC1. The number of halogens is 1. The Hall–Kier alpha value is -1.11. The Balaban J connectivity index is 0.00000169. The number of nitrogens with zero attached hydrogens (tertiary/aromatic N) is 2. The van der Waals surface area contributed by atoms with E-state index >= 15 is 0 Å². The summed E-state index contributed by atoms with van der Waals surface area (Å²) in [5.74, 6) is 0.629. The predicted octanol–water partition coefficient (Wildman–Crippen LogP) is 1.46. The zero-order valence-corrected chi connectivity index (χ0v) is 14.8. The van der Waals surface area contributed by atoms with Crippen molar-refractivity contribution in [3.63, 3.8) is 0 Å². The molecule has 0 aromatic carbocycles. The van der Waals surface area contributed by atoms with Crippen molar-refractivity contribution in [1.29, 1.82) is 0 Å². The van der Waals surface area contributed by atoms with Gasteiger partial charge >= 0.3 is 0 Å². The fourth-order valence-corrected chi connectivity index (χ4v) is 4.58. The Morgan fingerprint density at radius 2 is 2.12 bits per heavy atom. The molecular weight excluding hydrogens is 328 g/mol. The van der Waals surface area contributed by atoms with Crippen molar-refractivity contribution in [2.75, 3.05) is 19.7 Å². The van der Waals surface area contributed by atoms with Gasteiger partial charge in [0.1, 0.15) is 5.54 Å². The summed E-state index contributed by atoms with van der Waals surface area (Å²) in [6, 6.07) is 2.16. The molecular formula is C17H27ClN4O2. The second-order valence-corrected chi connectivity index (χ2v) is 7.10.